The van der Waals surface area contributed by atoms with Crippen molar-refractivity contribution in [2.24, 2.45) is 0 Å². The van der Waals surface area contributed by atoms with Crippen LogP contribution in [0.5, 0.6) is 0 Å². The van der Waals surface area contributed by atoms with Crippen LogP contribution in [0.25, 0.3) is 0 Å². The van der Waals surface area contributed by atoms with E-state index in [0.717, 1.165) is 48.1 Å². The maximum atomic E-state index is 13.6. The van der Waals surface area contributed by atoms with Crippen LogP contribution in [0.3, 0.4) is 0 Å². The van der Waals surface area contributed by atoms with E-state index in [-0.39, 0.29) is 18.0 Å². The van der Waals surface area contributed by atoms with Crippen molar-refractivity contribution >= 4 is 23.4 Å². The van der Waals surface area contributed by atoms with E-state index < -0.39 is 0 Å². The minimum Gasteiger partial charge on any atom is -0.317 e. The largest absolute Gasteiger partial charge is 0.322 e. The Morgan fingerprint density at radius 3 is 2.17 bits per heavy atom. The van der Waals surface area contributed by atoms with Gasteiger partial charge in [-0.3, -0.25) is 4.79 Å². The number of aromatic nitrogens is 1. The number of benzene rings is 2. The van der Waals surface area contributed by atoms with E-state index in [1.807, 2.05) is 55.1 Å². The van der Waals surface area contributed by atoms with Gasteiger partial charge in [0, 0.05) is 30.0 Å². The Labute approximate surface area is 214 Å². The average molecular weight is 485 g/mol. The molecule has 3 aromatic rings. The van der Waals surface area contributed by atoms with Crippen molar-refractivity contribution in [2.75, 3.05) is 10.6 Å². The van der Waals surface area contributed by atoms with Crippen LogP contribution in [0.4, 0.5) is 16.3 Å². The fourth-order valence-electron chi connectivity index (χ4n) is 5.08. The molecular weight excluding hydrogens is 448 g/mol. The summed E-state index contributed by atoms with van der Waals surface area (Å²) in [6.07, 6.45) is 8.41. The van der Waals surface area contributed by atoms with Gasteiger partial charge < -0.3 is 15.5 Å². The first-order valence-corrected chi connectivity index (χ1v) is 12.9. The van der Waals surface area contributed by atoms with Gasteiger partial charge >= 0.3 is 6.03 Å². The molecule has 3 amide bonds. The van der Waals surface area contributed by atoms with Crippen molar-refractivity contribution in [1.82, 2.24) is 9.88 Å². The van der Waals surface area contributed by atoms with Crippen molar-refractivity contribution in [2.45, 2.75) is 71.9 Å². The number of pyridine rings is 1. The Kier molecular flexibility index (Phi) is 8.36. The van der Waals surface area contributed by atoms with Crippen molar-refractivity contribution < 1.29 is 9.59 Å². The summed E-state index contributed by atoms with van der Waals surface area (Å²) in [5.74, 6) is 0.313. The van der Waals surface area contributed by atoms with Gasteiger partial charge in [-0.1, -0.05) is 61.6 Å². The second-order valence-corrected chi connectivity index (χ2v) is 9.84. The highest BCUT2D eigenvalue weighted by molar-refractivity contribution is 6.03. The molecule has 4 rings (SSSR count). The Hall–Kier alpha value is -3.67. The van der Waals surface area contributed by atoms with Crippen LogP contribution in [-0.2, 0) is 6.54 Å². The quantitative estimate of drug-likeness (QED) is 0.369. The third-order valence-electron chi connectivity index (χ3n) is 6.91. The monoisotopic (exact) mass is 484 g/mol. The van der Waals surface area contributed by atoms with E-state index >= 15 is 0 Å². The molecule has 36 heavy (non-hydrogen) atoms. The van der Waals surface area contributed by atoms with Crippen molar-refractivity contribution in [1.29, 1.82) is 0 Å². The first-order chi connectivity index (χ1) is 17.4. The molecule has 188 valence electrons. The van der Waals surface area contributed by atoms with Gasteiger partial charge in [0.15, 0.2) is 0 Å². The third kappa shape index (κ3) is 6.51. The molecule has 0 bridgehead atoms. The zero-order valence-corrected chi connectivity index (χ0v) is 21.5. The maximum absolute atomic E-state index is 13.6. The number of amides is 3. The van der Waals surface area contributed by atoms with Crippen LogP contribution in [0, 0.1) is 20.8 Å². The molecule has 0 radical (unpaired) electrons. The lowest BCUT2D eigenvalue weighted by molar-refractivity contribution is 0.102. The number of nitrogens with one attached hydrogen (secondary N) is 2. The topological polar surface area (TPSA) is 74.3 Å². The van der Waals surface area contributed by atoms with Crippen molar-refractivity contribution in [3.63, 3.8) is 0 Å². The van der Waals surface area contributed by atoms with E-state index in [1.165, 1.54) is 18.4 Å². The molecule has 6 nitrogen and oxygen atoms in total. The molecule has 1 aliphatic carbocycles. The van der Waals surface area contributed by atoms with Gasteiger partial charge in [-0.25, -0.2) is 9.78 Å². The van der Waals surface area contributed by atoms with Crippen LogP contribution in [0.1, 0.15) is 71.1 Å². The lowest BCUT2D eigenvalue weighted by Crippen LogP contribution is -2.42. The predicted octanol–water partition coefficient (Wildman–Crippen LogP) is 7.02. The molecular formula is C30H36N4O2. The van der Waals surface area contributed by atoms with Crippen LogP contribution in [0.15, 0.2) is 60.8 Å². The number of urea groups is 1. The highest BCUT2D eigenvalue weighted by Crippen LogP contribution is 2.27. The number of anilines is 2. The van der Waals surface area contributed by atoms with E-state index in [1.54, 1.807) is 12.3 Å². The van der Waals surface area contributed by atoms with Gasteiger partial charge in [0.2, 0.25) is 0 Å². The van der Waals surface area contributed by atoms with Crippen LogP contribution in [-0.4, -0.2) is 27.9 Å². The summed E-state index contributed by atoms with van der Waals surface area (Å²) in [5.41, 5.74) is 5.79. The molecule has 1 aromatic heterocycles. The standard InChI is InChI=1S/C30H36N4O2/c1-21-18-22(2)28(23(3)19-21)33-30(36)34(26-10-6-4-5-7-11-26)20-24-13-15-25(16-14-24)29(35)32-27-12-8-9-17-31-27/h8-9,12-19,26H,4-7,10-11,20H2,1-3H3,(H,33,36)(H,31,32,35). The summed E-state index contributed by atoms with van der Waals surface area (Å²) in [4.78, 5) is 32.4. The molecule has 0 saturated heterocycles. The Bertz CT molecular complexity index is 1160. The van der Waals surface area contributed by atoms with E-state index in [0.29, 0.717) is 17.9 Å². The van der Waals surface area contributed by atoms with Crippen LogP contribution in [0.2, 0.25) is 0 Å². The summed E-state index contributed by atoms with van der Waals surface area (Å²) in [6, 6.07) is 17.2. The highest BCUT2D eigenvalue weighted by Gasteiger charge is 2.26. The molecule has 1 fully saturated rings. The second-order valence-electron chi connectivity index (χ2n) is 9.84. The zero-order chi connectivity index (χ0) is 25.5. The minimum absolute atomic E-state index is 0.0612. The number of nitrogens with zero attached hydrogens (tertiary/aromatic N) is 2. The van der Waals surface area contributed by atoms with Gasteiger partial charge in [0.1, 0.15) is 5.82 Å². The zero-order valence-electron chi connectivity index (χ0n) is 21.5. The molecule has 6 heteroatoms. The fraction of sp³-hybridized carbons (Fsp3) is 0.367. The predicted molar refractivity (Wildman–Crippen MR) is 145 cm³/mol. The number of aryl methyl sites for hydroxylation is 3. The summed E-state index contributed by atoms with van der Waals surface area (Å²) in [5, 5.41) is 6.03. The van der Waals surface area contributed by atoms with Gasteiger partial charge in [-0.05, 0) is 74.6 Å². The van der Waals surface area contributed by atoms with E-state index in [4.69, 9.17) is 0 Å². The van der Waals surface area contributed by atoms with Crippen LogP contribution < -0.4 is 10.6 Å². The molecule has 1 heterocycles. The van der Waals surface area contributed by atoms with Gasteiger partial charge in [0.05, 0.1) is 0 Å². The number of rotatable bonds is 6. The van der Waals surface area contributed by atoms with Crippen molar-refractivity contribution in [3.8, 4) is 0 Å². The second kappa shape index (κ2) is 11.8. The number of carbonyl (C=O) groups is 2. The van der Waals surface area contributed by atoms with Crippen molar-refractivity contribution in [3.05, 3.63) is 88.6 Å². The molecule has 0 spiro atoms. The van der Waals surface area contributed by atoms with Gasteiger partial charge in [0.25, 0.3) is 5.91 Å². The molecule has 1 aliphatic rings. The molecule has 0 aliphatic heterocycles. The first-order valence-electron chi connectivity index (χ1n) is 12.9. The number of hydrogen-bond donors (Lipinski definition) is 2. The molecule has 0 unspecified atom stereocenters. The lowest BCUT2D eigenvalue weighted by Gasteiger charge is -2.32. The number of carbonyl (C=O) groups excluding carboxylic acids is 2. The van der Waals surface area contributed by atoms with Gasteiger partial charge in [-0.15, -0.1) is 0 Å². The minimum atomic E-state index is -0.205. The summed E-state index contributed by atoms with van der Waals surface area (Å²) < 4.78 is 0. The van der Waals surface area contributed by atoms with E-state index in [2.05, 4.69) is 34.7 Å². The highest BCUT2D eigenvalue weighted by atomic mass is 16.2. The first kappa shape index (κ1) is 25.4. The Morgan fingerprint density at radius 2 is 1.56 bits per heavy atom. The summed E-state index contributed by atoms with van der Waals surface area (Å²) in [7, 11) is 0. The summed E-state index contributed by atoms with van der Waals surface area (Å²) in [6.45, 7) is 6.66. The maximum Gasteiger partial charge on any atom is 0.322 e. The summed E-state index contributed by atoms with van der Waals surface area (Å²) >= 11 is 0. The Morgan fingerprint density at radius 1 is 0.889 bits per heavy atom. The smallest absolute Gasteiger partial charge is 0.317 e. The average Bonchev–Trinajstić information content (AvgIpc) is 3.15. The number of hydrogen-bond acceptors (Lipinski definition) is 3. The molecule has 1 saturated carbocycles. The SMILES string of the molecule is Cc1cc(C)c(NC(=O)N(Cc2ccc(C(=O)Nc3ccccn3)cc2)C2CCCCCC2)c(C)c1. The van der Waals surface area contributed by atoms with Gasteiger partial charge in [-0.2, -0.15) is 0 Å². The Balaban J connectivity index is 1.51. The lowest BCUT2D eigenvalue weighted by atomic mass is 10.0. The van der Waals surface area contributed by atoms with E-state index in [9.17, 15) is 9.59 Å². The molecule has 0 atom stereocenters. The normalized spacial score (nSPS) is 14.1. The third-order valence-corrected chi connectivity index (χ3v) is 6.91. The fourth-order valence-corrected chi connectivity index (χ4v) is 5.08. The molecule has 2 N–H and O–H groups in total. The molecule has 2 aromatic carbocycles. The van der Waals surface area contributed by atoms with Crippen LogP contribution >= 0.6 is 0 Å².